The van der Waals surface area contributed by atoms with Gasteiger partial charge in [0.2, 0.25) is 0 Å². The first-order chi connectivity index (χ1) is 7.77. The standard InChI is InChI=1S/C16H16/c1-13(15-7-3-4-8-15)11-12-14(2)16-9-5-6-10-16/h3-7,9,11-14H,1-2H3/b12-11-/t13-,14+. The molecular formula is C16H16. The summed E-state index contributed by atoms with van der Waals surface area (Å²) in [6.45, 7) is 4.40. The van der Waals surface area contributed by atoms with Crippen molar-refractivity contribution in [3.8, 4) is 0 Å². The molecule has 2 aliphatic rings. The van der Waals surface area contributed by atoms with Crippen LogP contribution in [0.5, 0.6) is 0 Å². The second-order valence-electron chi connectivity index (χ2n) is 4.21. The van der Waals surface area contributed by atoms with Crippen molar-refractivity contribution < 1.29 is 0 Å². The molecule has 80 valence electrons. The van der Waals surface area contributed by atoms with E-state index < -0.39 is 0 Å². The second kappa shape index (κ2) is 4.86. The van der Waals surface area contributed by atoms with Crippen molar-refractivity contribution in [2.75, 3.05) is 0 Å². The van der Waals surface area contributed by atoms with E-state index in [-0.39, 0.29) is 0 Å². The third kappa shape index (κ3) is 2.44. The lowest BCUT2D eigenvalue weighted by Crippen LogP contribution is -1.95. The highest BCUT2D eigenvalue weighted by atomic mass is 14.1. The largest absolute Gasteiger partial charge is 0.117 e. The van der Waals surface area contributed by atoms with Crippen LogP contribution in [0.3, 0.4) is 0 Å². The van der Waals surface area contributed by atoms with E-state index in [1.807, 2.05) is 24.3 Å². The minimum Gasteiger partial charge on any atom is -0.117 e. The summed E-state index contributed by atoms with van der Waals surface area (Å²) in [6, 6.07) is 0. The molecular weight excluding hydrogens is 192 g/mol. The third-order valence-corrected chi connectivity index (χ3v) is 2.91. The summed E-state index contributed by atoms with van der Waals surface area (Å²) < 4.78 is 0. The molecule has 0 aromatic heterocycles. The van der Waals surface area contributed by atoms with Crippen LogP contribution in [0.1, 0.15) is 13.8 Å². The van der Waals surface area contributed by atoms with Gasteiger partial charge in [-0.2, -0.15) is 0 Å². The van der Waals surface area contributed by atoms with Crippen LogP contribution in [-0.2, 0) is 0 Å². The molecule has 0 radical (unpaired) electrons. The van der Waals surface area contributed by atoms with Crippen LogP contribution >= 0.6 is 0 Å². The van der Waals surface area contributed by atoms with Crippen molar-refractivity contribution in [2.45, 2.75) is 13.8 Å². The fourth-order valence-electron chi connectivity index (χ4n) is 1.80. The van der Waals surface area contributed by atoms with Crippen molar-refractivity contribution in [3.63, 3.8) is 0 Å². The van der Waals surface area contributed by atoms with E-state index in [0.717, 1.165) is 0 Å². The van der Waals surface area contributed by atoms with Crippen molar-refractivity contribution in [3.05, 3.63) is 71.2 Å². The van der Waals surface area contributed by atoms with Gasteiger partial charge in [-0.25, -0.2) is 0 Å². The Morgan fingerprint density at radius 2 is 1.31 bits per heavy atom. The molecule has 16 heavy (non-hydrogen) atoms. The Kier molecular flexibility index (Phi) is 3.27. The molecule has 2 aliphatic carbocycles. The van der Waals surface area contributed by atoms with E-state index in [4.69, 9.17) is 0 Å². The maximum Gasteiger partial charge on any atom is 0.00632 e. The molecule has 0 heterocycles. The minimum absolute atomic E-state index is 0.437. The summed E-state index contributed by atoms with van der Waals surface area (Å²) in [5.41, 5.74) is 8.99. The molecule has 0 spiro atoms. The Morgan fingerprint density at radius 1 is 0.875 bits per heavy atom. The number of hydrogen-bond donors (Lipinski definition) is 0. The lowest BCUT2D eigenvalue weighted by atomic mass is 9.97. The Labute approximate surface area is 97.4 Å². The van der Waals surface area contributed by atoms with Gasteiger partial charge in [0.25, 0.3) is 0 Å². The molecule has 0 aromatic carbocycles. The monoisotopic (exact) mass is 208 g/mol. The fourth-order valence-corrected chi connectivity index (χ4v) is 1.80. The van der Waals surface area contributed by atoms with Crippen LogP contribution < -0.4 is 0 Å². The van der Waals surface area contributed by atoms with E-state index in [1.165, 1.54) is 11.1 Å². The predicted molar refractivity (Wildman–Crippen MR) is 68.9 cm³/mol. The zero-order valence-electron chi connectivity index (χ0n) is 9.77. The zero-order chi connectivity index (χ0) is 11.4. The van der Waals surface area contributed by atoms with Gasteiger partial charge in [0.05, 0.1) is 0 Å². The molecule has 0 nitrogen and oxygen atoms in total. The first-order valence-electron chi connectivity index (χ1n) is 5.72. The topological polar surface area (TPSA) is 0 Å². The average Bonchev–Trinajstić information content (AvgIpc) is 2.95. The van der Waals surface area contributed by atoms with Crippen molar-refractivity contribution >= 4 is 0 Å². The summed E-state index contributed by atoms with van der Waals surface area (Å²) in [5.74, 6) is 0.875. The summed E-state index contributed by atoms with van der Waals surface area (Å²) in [6.07, 6.45) is 16.7. The number of rotatable bonds is 4. The molecule has 0 heteroatoms. The van der Waals surface area contributed by atoms with Crippen molar-refractivity contribution in [2.24, 2.45) is 11.8 Å². The van der Waals surface area contributed by atoms with Gasteiger partial charge in [0, 0.05) is 23.0 Å². The first-order valence-corrected chi connectivity index (χ1v) is 5.72. The molecule has 0 aromatic rings. The van der Waals surface area contributed by atoms with Gasteiger partial charge in [-0.3, -0.25) is 0 Å². The minimum atomic E-state index is 0.437. The van der Waals surface area contributed by atoms with Gasteiger partial charge in [-0.05, 0) is 12.2 Å². The SMILES string of the molecule is C[C@H](/C=C\[C@H](C)C1=C=CC=C1)C1=C=CC=C1. The number of allylic oxidation sites excluding steroid dienone is 8. The highest BCUT2D eigenvalue weighted by molar-refractivity contribution is 5.35. The second-order valence-corrected chi connectivity index (χ2v) is 4.21. The van der Waals surface area contributed by atoms with Crippen LogP contribution in [0.2, 0.25) is 0 Å². The fraction of sp³-hybridized carbons (Fsp3) is 0.250. The lowest BCUT2D eigenvalue weighted by molar-refractivity contribution is 0.842. The molecule has 0 saturated carbocycles. The van der Waals surface area contributed by atoms with E-state index in [1.54, 1.807) is 0 Å². The van der Waals surface area contributed by atoms with Gasteiger partial charge >= 0.3 is 0 Å². The third-order valence-electron chi connectivity index (χ3n) is 2.91. The predicted octanol–water partition coefficient (Wildman–Crippen LogP) is 4.12. The maximum atomic E-state index is 3.24. The van der Waals surface area contributed by atoms with Crippen LogP contribution in [0.15, 0.2) is 71.2 Å². The Morgan fingerprint density at radius 3 is 1.62 bits per heavy atom. The maximum absolute atomic E-state index is 3.24. The lowest BCUT2D eigenvalue weighted by Gasteiger charge is -2.07. The average molecular weight is 208 g/mol. The number of hydrogen-bond acceptors (Lipinski definition) is 0. The molecule has 0 N–H and O–H groups in total. The summed E-state index contributed by atoms with van der Waals surface area (Å²) >= 11 is 0. The Hall–Kier alpha value is -1.74. The molecule has 0 saturated heterocycles. The normalized spacial score (nSPS) is 20.6. The van der Waals surface area contributed by atoms with Crippen LogP contribution in [-0.4, -0.2) is 0 Å². The van der Waals surface area contributed by atoms with Gasteiger partial charge in [-0.1, -0.05) is 50.3 Å². The highest BCUT2D eigenvalue weighted by Gasteiger charge is 2.06. The van der Waals surface area contributed by atoms with E-state index in [2.05, 4.69) is 49.6 Å². The zero-order valence-corrected chi connectivity index (χ0v) is 9.77. The Bertz CT molecular complexity index is 436. The van der Waals surface area contributed by atoms with E-state index in [0.29, 0.717) is 11.8 Å². The van der Waals surface area contributed by atoms with Gasteiger partial charge in [0.15, 0.2) is 0 Å². The van der Waals surface area contributed by atoms with Crippen molar-refractivity contribution in [1.82, 2.24) is 0 Å². The molecule has 0 aliphatic heterocycles. The highest BCUT2D eigenvalue weighted by Crippen LogP contribution is 2.20. The van der Waals surface area contributed by atoms with Gasteiger partial charge < -0.3 is 0 Å². The Balaban J connectivity index is 1.99. The molecule has 0 bridgehead atoms. The van der Waals surface area contributed by atoms with Gasteiger partial charge in [-0.15, -0.1) is 11.5 Å². The summed E-state index contributed by atoms with van der Waals surface area (Å²) in [5, 5.41) is 0. The molecule has 0 unspecified atom stereocenters. The van der Waals surface area contributed by atoms with E-state index in [9.17, 15) is 0 Å². The quantitative estimate of drug-likeness (QED) is 0.481. The molecule has 0 fully saturated rings. The van der Waals surface area contributed by atoms with Crippen LogP contribution in [0.25, 0.3) is 0 Å². The smallest absolute Gasteiger partial charge is 0.00632 e. The molecule has 2 atom stereocenters. The van der Waals surface area contributed by atoms with Gasteiger partial charge in [0.1, 0.15) is 0 Å². The molecule has 2 rings (SSSR count). The van der Waals surface area contributed by atoms with Crippen LogP contribution in [0, 0.1) is 11.8 Å². The summed E-state index contributed by atoms with van der Waals surface area (Å²) in [4.78, 5) is 0. The summed E-state index contributed by atoms with van der Waals surface area (Å²) in [7, 11) is 0. The van der Waals surface area contributed by atoms with Crippen LogP contribution in [0.4, 0.5) is 0 Å². The van der Waals surface area contributed by atoms with E-state index >= 15 is 0 Å². The first kappa shape index (κ1) is 10.8. The van der Waals surface area contributed by atoms with Crippen molar-refractivity contribution in [1.29, 1.82) is 0 Å². The molecule has 0 amide bonds.